The van der Waals surface area contributed by atoms with Gasteiger partial charge in [0, 0.05) is 18.6 Å². The molecule has 0 amide bonds. The van der Waals surface area contributed by atoms with Crippen LogP contribution in [0, 0.1) is 23.6 Å². The molecule has 1 nitrogen and oxygen atoms in total. The minimum Gasteiger partial charge on any atom is -0.293 e. The van der Waals surface area contributed by atoms with Crippen LogP contribution in [0.5, 0.6) is 0 Å². The summed E-state index contributed by atoms with van der Waals surface area (Å²) < 4.78 is 13.2. The minimum absolute atomic E-state index is 0.134. The van der Waals surface area contributed by atoms with Gasteiger partial charge in [-0.3, -0.25) is 4.90 Å². The maximum absolute atomic E-state index is 13.2. The van der Waals surface area contributed by atoms with Crippen molar-refractivity contribution >= 4 is 0 Å². The summed E-state index contributed by atoms with van der Waals surface area (Å²) in [5, 5.41) is 0. The molecular formula is C26H34FN. The van der Waals surface area contributed by atoms with Gasteiger partial charge < -0.3 is 0 Å². The van der Waals surface area contributed by atoms with Crippen molar-refractivity contribution in [2.45, 2.75) is 65.0 Å². The van der Waals surface area contributed by atoms with E-state index in [1.807, 2.05) is 12.1 Å². The van der Waals surface area contributed by atoms with Gasteiger partial charge in [-0.25, -0.2) is 4.39 Å². The van der Waals surface area contributed by atoms with Gasteiger partial charge in [0.1, 0.15) is 5.82 Å². The average molecular weight is 380 g/mol. The molecule has 0 radical (unpaired) electrons. The van der Waals surface area contributed by atoms with Crippen LogP contribution in [-0.2, 0) is 6.42 Å². The molecule has 4 atom stereocenters. The normalized spacial score (nSPS) is 27.7. The Morgan fingerprint density at radius 1 is 0.964 bits per heavy atom. The summed E-state index contributed by atoms with van der Waals surface area (Å²) in [6.45, 7) is 10.6. The highest BCUT2D eigenvalue weighted by atomic mass is 19.1. The van der Waals surface area contributed by atoms with E-state index in [2.05, 4.69) is 56.9 Å². The monoisotopic (exact) mass is 379 g/mol. The zero-order valence-electron chi connectivity index (χ0n) is 17.7. The zero-order valence-corrected chi connectivity index (χ0v) is 17.7. The van der Waals surface area contributed by atoms with E-state index in [4.69, 9.17) is 0 Å². The second-order valence-corrected chi connectivity index (χ2v) is 9.61. The van der Waals surface area contributed by atoms with Gasteiger partial charge in [0.2, 0.25) is 0 Å². The molecule has 0 aromatic heterocycles. The van der Waals surface area contributed by atoms with Crippen LogP contribution in [-0.4, -0.2) is 17.5 Å². The van der Waals surface area contributed by atoms with Crippen molar-refractivity contribution in [1.82, 2.24) is 4.90 Å². The molecule has 28 heavy (non-hydrogen) atoms. The molecule has 1 aliphatic heterocycles. The Balaban J connectivity index is 1.58. The van der Waals surface area contributed by atoms with Crippen molar-refractivity contribution in [1.29, 1.82) is 0 Å². The smallest absolute Gasteiger partial charge is 0.123 e. The van der Waals surface area contributed by atoms with Crippen LogP contribution in [0.15, 0.2) is 48.5 Å². The number of nitrogens with zero attached hydrogens (tertiary/aromatic N) is 1. The van der Waals surface area contributed by atoms with Crippen LogP contribution in [0.2, 0.25) is 0 Å². The number of rotatable bonds is 5. The second-order valence-electron chi connectivity index (χ2n) is 9.61. The first-order valence-corrected chi connectivity index (χ1v) is 11.0. The first kappa shape index (κ1) is 19.6. The first-order chi connectivity index (χ1) is 13.4. The maximum Gasteiger partial charge on any atom is 0.123 e. The molecule has 2 heteroatoms. The standard InChI is InChI=1S/C26H34FN/c1-17(2)23-7-5-6-8-24(23)26-25-15-20(13-19-9-11-22(27)12-10-19)14-21(25)16-28(26)18(3)4/h5-12,17-18,20-21,25-26H,13-16H2,1-4H3. The molecular weight excluding hydrogens is 345 g/mol. The summed E-state index contributed by atoms with van der Waals surface area (Å²) in [5.41, 5.74) is 4.35. The number of likely N-dealkylation sites (tertiary alicyclic amines) is 1. The van der Waals surface area contributed by atoms with E-state index < -0.39 is 0 Å². The fourth-order valence-corrected chi connectivity index (χ4v) is 5.87. The lowest BCUT2D eigenvalue weighted by Gasteiger charge is -2.34. The molecule has 1 heterocycles. The topological polar surface area (TPSA) is 3.24 Å². The van der Waals surface area contributed by atoms with Crippen LogP contribution in [0.3, 0.4) is 0 Å². The van der Waals surface area contributed by atoms with Crippen molar-refractivity contribution in [3.63, 3.8) is 0 Å². The van der Waals surface area contributed by atoms with E-state index in [0.29, 0.717) is 18.0 Å². The molecule has 0 N–H and O–H groups in total. The van der Waals surface area contributed by atoms with Crippen molar-refractivity contribution in [3.05, 3.63) is 71.0 Å². The predicted molar refractivity (Wildman–Crippen MR) is 115 cm³/mol. The molecule has 2 aromatic rings. The van der Waals surface area contributed by atoms with E-state index in [9.17, 15) is 4.39 Å². The molecule has 1 saturated heterocycles. The molecule has 0 spiro atoms. The highest BCUT2D eigenvalue weighted by Crippen LogP contribution is 2.53. The Morgan fingerprint density at radius 2 is 1.68 bits per heavy atom. The third kappa shape index (κ3) is 3.76. The lowest BCUT2D eigenvalue weighted by molar-refractivity contribution is 0.171. The molecule has 4 rings (SSSR count). The third-order valence-electron chi connectivity index (χ3n) is 7.09. The number of hydrogen-bond donors (Lipinski definition) is 0. The number of fused-ring (bicyclic) bond motifs is 1. The van der Waals surface area contributed by atoms with Crippen LogP contribution >= 0.6 is 0 Å². The summed E-state index contributed by atoms with van der Waals surface area (Å²) in [7, 11) is 0. The molecule has 2 aromatic carbocycles. The third-order valence-corrected chi connectivity index (χ3v) is 7.09. The van der Waals surface area contributed by atoms with Gasteiger partial charge in [-0.1, -0.05) is 50.2 Å². The summed E-state index contributed by atoms with van der Waals surface area (Å²) in [5.74, 6) is 2.68. The van der Waals surface area contributed by atoms with E-state index in [1.54, 1.807) is 17.7 Å². The van der Waals surface area contributed by atoms with Gasteiger partial charge in [-0.2, -0.15) is 0 Å². The average Bonchev–Trinajstić information content (AvgIpc) is 3.20. The van der Waals surface area contributed by atoms with E-state index in [1.165, 1.54) is 30.5 Å². The second kappa shape index (κ2) is 7.99. The van der Waals surface area contributed by atoms with Crippen molar-refractivity contribution in [3.8, 4) is 0 Å². The van der Waals surface area contributed by atoms with Gasteiger partial charge in [0.25, 0.3) is 0 Å². The summed E-state index contributed by atoms with van der Waals surface area (Å²) in [6.07, 6.45) is 3.70. The molecule has 2 aliphatic rings. The lowest BCUT2D eigenvalue weighted by atomic mass is 9.84. The van der Waals surface area contributed by atoms with E-state index >= 15 is 0 Å². The number of benzene rings is 2. The SMILES string of the molecule is CC(C)c1ccccc1C1C2CC(Cc3ccc(F)cc3)CC2CN1C(C)C. The minimum atomic E-state index is -0.134. The quantitative estimate of drug-likeness (QED) is 0.566. The molecule has 2 fully saturated rings. The van der Waals surface area contributed by atoms with Crippen molar-refractivity contribution in [2.24, 2.45) is 17.8 Å². The maximum atomic E-state index is 13.2. The van der Waals surface area contributed by atoms with Crippen LogP contribution in [0.4, 0.5) is 4.39 Å². The first-order valence-electron chi connectivity index (χ1n) is 11.0. The Kier molecular flexibility index (Phi) is 5.60. The summed E-state index contributed by atoms with van der Waals surface area (Å²) >= 11 is 0. The lowest BCUT2D eigenvalue weighted by Crippen LogP contribution is -2.33. The van der Waals surface area contributed by atoms with Gasteiger partial charge in [0.15, 0.2) is 0 Å². The van der Waals surface area contributed by atoms with E-state index in [-0.39, 0.29) is 5.82 Å². The van der Waals surface area contributed by atoms with Crippen LogP contribution in [0.25, 0.3) is 0 Å². The summed E-state index contributed by atoms with van der Waals surface area (Å²) in [4.78, 5) is 2.75. The Hall–Kier alpha value is -1.67. The van der Waals surface area contributed by atoms with Crippen LogP contribution in [0.1, 0.15) is 69.2 Å². The van der Waals surface area contributed by atoms with Crippen molar-refractivity contribution < 1.29 is 4.39 Å². The number of hydrogen-bond acceptors (Lipinski definition) is 1. The fraction of sp³-hybridized carbons (Fsp3) is 0.538. The predicted octanol–water partition coefficient (Wildman–Crippen LogP) is 6.60. The highest BCUT2D eigenvalue weighted by Gasteiger charge is 2.48. The molecule has 1 saturated carbocycles. The van der Waals surface area contributed by atoms with Gasteiger partial charge in [0.05, 0.1) is 0 Å². The Morgan fingerprint density at radius 3 is 2.36 bits per heavy atom. The molecule has 150 valence electrons. The van der Waals surface area contributed by atoms with Gasteiger partial charge >= 0.3 is 0 Å². The molecule has 0 bridgehead atoms. The zero-order chi connectivity index (χ0) is 19.8. The summed E-state index contributed by atoms with van der Waals surface area (Å²) in [6, 6.07) is 17.4. The fourth-order valence-electron chi connectivity index (χ4n) is 5.87. The largest absolute Gasteiger partial charge is 0.293 e. The van der Waals surface area contributed by atoms with Gasteiger partial charge in [-0.05, 0) is 85.6 Å². The number of halogens is 1. The van der Waals surface area contributed by atoms with Crippen LogP contribution < -0.4 is 0 Å². The van der Waals surface area contributed by atoms with Crippen molar-refractivity contribution in [2.75, 3.05) is 6.54 Å². The Bertz CT molecular complexity index is 794. The van der Waals surface area contributed by atoms with Gasteiger partial charge in [-0.15, -0.1) is 0 Å². The van der Waals surface area contributed by atoms with E-state index in [0.717, 1.165) is 24.2 Å². The molecule has 4 unspecified atom stereocenters. The molecule has 1 aliphatic carbocycles. The Labute approximate surface area is 170 Å². The highest BCUT2D eigenvalue weighted by molar-refractivity contribution is 5.34.